The summed E-state index contributed by atoms with van der Waals surface area (Å²) in [5.41, 5.74) is 0.352. The molecular weight excluding hydrogens is 184 g/mol. The molecule has 0 unspecified atom stereocenters. The van der Waals surface area contributed by atoms with Gasteiger partial charge in [0.15, 0.2) is 0 Å². The lowest BCUT2D eigenvalue weighted by Gasteiger charge is -2.00. The largest absolute Gasteiger partial charge is 0.478 e. The van der Waals surface area contributed by atoms with Gasteiger partial charge in [-0.15, -0.1) is 0 Å². The number of rotatable bonds is 3. The number of hydrogen-bond acceptors (Lipinski definition) is 2. The summed E-state index contributed by atoms with van der Waals surface area (Å²) >= 11 is 1.41. The van der Waals surface area contributed by atoms with Gasteiger partial charge in [0.2, 0.25) is 0 Å². The molecule has 13 heavy (non-hydrogen) atoms. The molecule has 1 rings (SSSR count). The Bertz CT molecular complexity index is 331. The van der Waals surface area contributed by atoms with Gasteiger partial charge in [-0.1, -0.05) is 30.0 Å². The number of aromatic carboxylic acids is 1. The van der Waals surface area contributed by atoms with Crippen molar-refractivity contribution in [1.82, 2.24) is 0 Å². The first kappa shape index (κ1) is 9.86. The SMILES string of the molecule is C/C=C/Sc1ccccc1C(=O)O. The third kappa shape index (κ3) is 2.63. The minimum Gasteiger partial charge on any atom is -0.478 e. The Kier molecular flexibility index (Phi) is 3.58. The summed E-state index contributed by atoms with van der Waals surface area (Å²) in [5, 5.41) is 10.7. The molecule has 0 atom stereocenters. The quantitative estimate of drug-likeness (QED) is 0.751. The molecule has 0 spiro atoms. The van der Waals surface area contributed by atoms with Crippen LogP contribution >= 0.6 is 11.8 Å². The average Bonchev–Trinajstić information content (AvgIpc) is 2.15. The van der Waals surface area contributed by atoms with E-state index in [1.807, 2.05) is 24.5 Å². The van der Waals surface area contributed by atoms with Gasteiger partial charge >= 0.3 is 5.97 Å². The number of carboxylic acid groups (broad SMARTS) is 1. The highest BCUT2D eigenvalue weighted by molar-refractivity contribution is 8.02. The highest BCUT2D eigenvalue weighted by Gasteiger charge is 2.07. The second-order valence-electron chi connectivity index (χ2n) is 2.39. The lowest BCUT2D eigenvalue weighted by molar-refractivity contribution is 0.0693. The normalized spacial score (nSPS) is 10.5. The van der Waals surface area contributed by atoms with Gasteiger partial charge < -0.3 is 5.11 Å². The predicted molar refractivity (Wildman–Crippen MR) is 54.1 cm³/mol. The molecule has 0 bridgehead atoms. The number of thioether (sulfide) groups is 1. The van der Waals surface area contributed by atoms with Gasteiger partial charge in [-0.25, -0.2) is 4.79 Å². The number of hydrogen-bond donors (Lipinski definition) is 1. The van der Waals surface area contributed by atoms with Gasteiger partial charge in [-0.05, 0) is 24.5 Å². The summed E-state index contributed by atoms with van der Waals surface area (Å²) in [6, 6.07) is 6.96. The van der Waals surface area contributed by atoms with E-state index in [1.54, 1.807) is 18.2 Å². The molecule has 3 heteroatoms. The van der Waals surface area contributed by atoms with Crippen molar-refractivity contribution in [3.63, 3.8) is 0 Å². The maximum Gasteiger partial charge on any atom is 0.336 e. The summed E-state index contributed by atoms with van der Waals surface area (Å²) in [7, 11) is 0. The fraction of sp³-hybridized carbons (Fsp3) is 0.100. The molecule has 0 aliphatic heterocycles. The van der Waals surface area contributed by atoms with Crippen LogP contribution in [0.5, 0.6) is 0 Å². The van der Waals surface area contributed by atoms with Crippen LogP contribution in [0.1, 0.15) is 17.3 Å². The molecule has 0 saturated carbocycles. The Morgan fingerprint density at radius 1 is 1.46 bits per heavy atom. The highest BCUT2D eigenvalue weighted by atomic mass is 32.2. The standard InChI is InChI=1S/C10H10O2S/c1-2-7-13-9-6-4-3-5-8(9)10(11)12/h2-7H,1H3,(H,11,12)/b7-2+. The molecule has 1 N–H and O–H groups in total. The van der Waals surface area contributed by atoms with E-state index in [1.165, 1.54) is 11.8 Å². The smallest absolute Gasteiger partial charge is 0.336 e. The van der Waals surface area contributed by atoms with Gasteiger partial charge in [-0.2, -0.15) is 0 Å². The fourth-order valence-corrected chi connectivity index (χ4v) is 1.61. The minimum absolute atomic E-state index is 0.352. The molecule has 0 aliphatic carbocycles. The molecule has 0 aliphatic rings. The molecule has 1 aromatic rings. The van der Waals surface area contributed by atoms with Crippen LogP contribution in [-0.4, -0.2) is 11.1 Å². The number of carboxylic acids is 1. The topological polar surface area (TPSA) is 37.3 Å². The van der Waals surface area contributed by atoms with Gasteiger partial charge in [-0.3, -0.25) is 0 Å². The van der Waals surface area contributed by atoms with E-state index >= 15 is 0 Å². The van der Waals surface area contributed by atoms with Crippen LogP contribution in [0.2, 0.25) is 0 Å². The van der Waals surface area contributed by atoms with Gasteiger partial charge in [0.1, 0.15) is 0 Å². The molecule has 0 heterocycles. The van der Waals surface area contributed by atoms with Crippen molar-refractivity contribution in [2.24, 2.45) is 0 Å². The van der Waals surface area contributed by atoms with Crippen molar-refractivity contribution in [3.05, 3.63) is 41.3 Å². The van der Waals surface area contributed by atoms with Crippen molar-refractivity contribution in [2.75, 3.05) is 0 Å². The average molecular weight is 194 g/mol. The first-order valence-electron chi connectivity index (χ1n) is 3.86. The summed E-state index contributed by atoms with van der Waals surface area (Å²) in [5.74, 6) is -0.882. The molecule has 0 aromatic heterocycles. The second kappa shape index (κ2) is 4.72. The summed E-state index contributed by atoms with van der Waals surface area (Å²) < 4.78 is 0. The molecular formula is C10H10O2S. The summed E-state index contributed by atoms with van der Waals surface area (Å²) in [4.78, 5) is 11.5. The zero-order valence-electron chi connectivity index (χ0n) is 7.23. The van der Waals surface area contributed by atoms with E-state index < -0.39 is 5.97 Å². The first-order valence-corrected chi connectivity index (χ1v) is 4.74. The van der Waals surface area contributed by atoms with E-state index in [0.717, 1.165) is 4.90 Å². The Morgan fingerprint density at radius 3 is 2.77 bits per heavy atom. The minimum atomic E-state index is -0.882. The Balaban J connectivity index is 2.97. The molecule has 68 valence electrons. The maximum absolute atomic E-state index is 10.7. The van der Waals surface area contributed by atoms with E-state index in [9.17, 15) is 4.79 Å². The van der Waals surface area contributed by atoms with Crippen molar-refractivity contribution in [3.8, 4) is 0 Å². The van der Waals surface area contributed by atoms with E-state index in [2.05, 4.69) is 0 Å². The van der Waals surface area contributed by atoms with Crippen LogP contribution in [0.15, 0.2) is 40.6 Å². The highest BCUT2D eigenvalue weighted by Crippen LogP contribution is 2.23. The van der Waals surface area contributed by atoms with Gasteiger partial charge in [0.05, 0.1) is 5.56 Å². The van der Waals surface area contributed by atoms with Crippen LogP contribution in [0.3, 0.4) is 0 Å². The van der Waals surface area contributed by atoms with Crippen LogP contribution in [-0.2, 0) is 0 Å². The van der Waals surface area contributed by atoms with Gasteiger partial charge in [0.25, 0.3) is 0 Å². The molecule has 0 radical (unpaired) electrons. The van der Waals surface area contributed by atoms with Crippen LogP contribution in [0, 0.1) is 0 Å². The maximum atomic E-state index is 10.7. The first-order chi connectivity index (χ1) is 6.25. The Morgan fingerprint density at radius 2 is 2.15 bits per heavy atom. The molecule has 1 aromatic carbocycles. The van der Waals surface area contributed by atoms with Crippen molar-refractivity contribution in [1.29, 1.82) is 0 Å². The fourth-order valence-electron chi connectivity index (χ4n) is 0.887. The predicted octanol–water partition coefficient (Wildman–Crippen LogP) is 3.01. The lowest BCUT2D eigenvalue weighted by atomic mass is 10.2. The number of carbonyl (C=O) groups is 1. The van der Waals surface area contributed by atoms with Crippen LogP contribution < -0.4 is 0 Å². The van der Waals surface area contributed by atoms with Crippen molar-refractivity contribution in [2.45, 2.75) is 11.8 Å². The van der Waals surface area contributed by atoms with Crippen molar-refractivity contribution >= 4 is 17.7 Å². The zero-order chi connectivity index (χ0) is 9.68. The van der Waals surface area contributed by atoms with Crippen molar-refractivity contribution < 1.29 is 9.90 Å². The Hall–Kier alpha value is -1.22. The summed E-state index contributed by atoms with van der Waals surface area (Å²) in [6.45, 7) is 1.90. The third-order valence-electron chi connectivity index (χ3n) is 1.45. The summed E-state index contributed by atoms with van der Waals surface area (Å²) in [6.07, 6.45) is 1.88. The monoisotopic (exact) mass is 194 g/mol. The van der Waals surface area contributed by atoms with Crippen LogP contribution in [0.25, 0.3) is 0 Å². The van der Waals surface area contributed by atoms with E-state index in [-0.39, 0.29) is 0 Å². The number of benzene rings is 1. The molecule has 0 saturated heterocycles. The number of allylic oxidation sites excluding steroid dienone is 1. The van der Waals surface area contributed by atoms with E-state index in [4.69, 9.17) is 5.11 Å². The zero-order valence-corrected chi connectivity index (χ0v) is 8.04. The molecule has 0 fully saturated rings. The van der Waals surface area contributed by atoms with Crippen LogP contribution in [0.4, 0.5) is 0 Å². The third-order valence-corrected chi connectivity index (χ3v) is 2.47. The lowest BCUT2D eigenvalue weighted by Crippen LogP contribution is -1.97. The van der Waals surface area contributed by atoms with E-state index in [0.29, 0.717) is 5.56 Å². The molecule has 2 nitrogen and oxygen atoms in total. The molecule has 0 amide bonds. The Labute approximate surface area is 81.3 Å². The van der Waals surface area contributed by atoms with Gasteiger partial charge in [0, 0.05) is 4.90 Å². The second-order valence-corrected chi connectivity index (χ2v) is 3.34.